The average molecular weight is 294 g/mol. The molecule has 0 saturated carbocycles. The van der Waals surface area contributed by atoms with Crippen LogP contribution in [0.5, 0.6) is 0 Å². The monoisotopic (exact) mass is 294 g/mol. The van der Waals surface area contributed by atoms with Crippen LogP contribution < -0.4 is 10.2 Å². The molecule has 1 aliphatic heterocycles. The standard InChI is InChI=1S/C16H27FN4/c1-16(2,3)19-11-13-10-14(17)12-18-15(13)21-7-5-6-20(4)8-9-21/h10,12,19H,5-9,11H2,1-4H3. The Morgan fingerprint density at radius 2 is 2.00 bits per heavy atom. The summed E-state index contributed by atoms with van der Waals surface area (Å²) < 4.78 is 13.6. The quantitative estimate of drug-likeness (QED) is 0.926. The molecule has 0 spiro atoms. The van der Waals surface area contributed by atoms with E-state index in [1.165, 1.54) is 6.20 Å². The van der Waals surface area contributed by atoms with Crippen molar-refractivity contribution in [2.45, 2.75) is 39.3 Å². The molecular formula is C16H27FN4. The zero-order valence-electron chi connectivity index (χ0n) is 13.6. The number of pyridine rings is 1. The van der Waals surface area contributed by atoms with Crippen LogP contribution in [0.2, 0.25) is 0 Å². The van der Waals surface area contributed by atoms with Crippen LogP contribution in [-0.2, 0) is 6.54 Å². The van der Waals surface area contributed by atoms with Crippen molar-refractivity contribution < 1.29 is 4.39 Å². The van der Waals surface area contributed by atoms with E-state index < -0.39 is 0 Å². The van der Waals surface area contributed by atoms with Crippen molar-refractivity contribution in [2.24, 2.45) is 0 Å². The van der Waals surface area contributed by atoms with Crippen molar-refractivity contribution in [2.75, 3.05) is 38.1 Å². The second-order valence-corrected chi connectivity index (χ2v) is 6.88. The van der Waals surface area contributed by atoms with Gasteiger partial charge in [0.2, 0.25) is 0 Å². The summed E-state index contributed by atoms with van der Waals surface area (Å²) in [5.41, 5.74) is 0.942. The van der Waals surface area contributed by atoms with Crippen LogP contribution in [0.3, 0.4) is 0 Å². The lowest BCUT2D eigenvalue weighted by Crippen LogP contribution is -2.36. The minimum atomic E-state index is -0.267. The predicted octanol–water partition coefficient (Wildman–Crippen LogP) is 2.25. The zero-order valence-corrected chi connectivity index (χ0v) is 13.6. The molecule has 0 aromatic carbocycles. The number of hydrogen-bond acceptors (Lipinski definition) is 4. The molecule has 1 aromatic rings. The highest BCUT2D eigenvalue weighted by atomic mass is 19.1. The number of hydrogen-bond donors (Lipinski definition) is 1. The van der Waals surface area contributed by atoms with E-state index in [1.54, 1.807) is 6.07 Å². The predicted molar refractivity (Wildman–Crippen MR) is 85.1 cm³/mol. The van der Waals surface area contributed by atoms with Gasteiger partial charge in [0.1, 0.15) is 11.6 Å². The molecule has 1 saturated heterocycles. The summed E-state index contributed by atoms with van der Waals surface area (Å²) >= 11 is 0. The highest BCUT2D eigenvalue weighted by Gasteiger charge is 2.18. The molecule has 1 fully saturated rings. The Bertz CT molecular complexity index is 470. The molecule has 4 nitrogen and oxygen atoms in total. The first kappa shape index (κ1) is 16.2. The number of anilines is 1. The minimum Gasteiger partial charge on any atom is -0.355 e. The molecule has 0 aliphatic carbocycles. The minimum absolute atomic E-state index is 0.00257. The molecule has 2 rings (SSSR count). The Kier molecular flexibility index (Phi) is 5.17. The summed E-state index contributed by atoms with van der Waals surface area (Å²) in [4.78, 5) is 8.97. The molecule has 118 valence electrons. The molecule has 0 atom stereocenters. The molecular weight excluding hydrogens is 267 g/mol. The van der Waals surface area contributed by atoms with Crippen molar-refractivity contribution >= 4 is 5.82 Å². The fourth-order valence-corrected chi connectivity index (χ4v) is 2.51. The maximum Gasteiger partial charge on any atom is 0.141 e. The van der Waals surface area contributed by atoms with Crippen LogP contribution in [0.25, 0.3) is 0 Å². The van der Waals surface area contributed by atoms with Crippen molar-refractivity contribution in [1.29, 1.82) is 0 Å². The summed E-state index contributed by atoms with van der Waals surface area (Å²) in [5, 5.41) is 3.43. The number of nitrogens with zero attached hydrogens (tertiary/aromatic N) is 3. The number of aromatic nitrogens is 1. The molecule has 21 heavy (non-hydrogen) atoms. The normalized spacial score (nSPS) is 17.9. The SMILES string of the molecule is CN1CCCN(c2ncc(F)cc2CNC(C)(C)C)CC1. The van der Waals surface area contributed by atoms with E-state index in [-0.39, 0.29) is 11.4 Å². The van der Waals surface area contributed by atoms with Crippen LogP contribution in [-0.4, -0.2) is 48.6 Å². The van der Waals surface area contributed by atoms with Crippen LogP contribution in [0.4, 0.5) is 10.2 Å². The lowest BCUT2D eigenvalue weighted by molar-refractivity contribution is 0.360. The molecule has 2 heterocycles. The van der Waals surface area contributed by atoms with Crippen LogP contribution in [0.1, 0.15) is 32.8 Å². The van der Waals surface area contributed by atoms with E-state index in [2.05, 4.69) is 47.9 Å². The number of halogens is 1. The Morgan fingerprint density at radius 3 is 2.71 bits per heavy atom. The van der Waals surface area contributed by atoms with Crippen LogP contribution in [0.15, 0.2) is 12.3 Å². The van der Waals surface area contributed by atoms with Crippen LogP contribution >= 0.6 is 0 Å². The second kappa shape index (κ2) is 6.71. The summed E-state index contributed by atoms with van der Waals surface area (Å²) in [6.07, 6.45) is 2.44. The largest absolute Gasteiger partial charge is 0.355 e. The number of nitrogens with one attached hydrogen (secondary N) is 1. The van der Waals surface area contributed by atoms with Gasteiger partial charge in [-0.1, -0.05) is 0 Å². The first-order valence-corrected chi connectivity index (χ1v) is 7.68. The summed E-state index contributed by atoms with van der Waals surface area (Å²) in [7, 11) is 2.14. The lowest BCUT2D eigenvalue weighted by atomic mass is 10.1. The van der Waals surface area contributed by atoms with Crippen molar-refractivity contribution in [3.63, 3.8) is 0 Å². The van der Waals surface area contributed by atoms with Crippen molar-refractivity contribution in [3.05, 3.63) is 23.6 Å². The van der Waals surface area contributed by atoms with E-state index in [0.29, 0.717) is 6.54 Å². The molecule has 5 heteroatoms. The van der Waals surface area contributed by atoms with Gasteiger partial charge in [-0.3, -0.25) is 0 Å². The lowest BCUT2D eigenvalue weighted by Gasteiger charge is -2.26. The molecule has 1 aliphatic rings. The third-order valence-electron chi connectivity index (χ3n) is 3.74. The fourth-order valence-electron chi connectivity index (χ4n) is 2.51. The highest BCUT2D eigenvalue weighted by molar-refractivity contribution is 5.47. The van der Waals surface area contributed by atoms with Gasteiger partial charge in [0.25, 0.3) is 0 Å². The Labute approximate surface area is 127 Å². The Morgan fingerprint density at radius 1 is 1.24 bits per heavy atom. The van der Waals surface area contributed by atoms with Crippen LogP contribution in [0, 0.1) is 5.82 Å². The molecule has 1 aromatic heterocycles. The van der Waals surface area contributed by atoms with Gasteiger partial charge in [0, 0.05) is 37.3 Å². The number of likely N-dealkylation sites (N-methyl/N-ethyl adjacent to an activating group) is 1. The van der Waals surface area contributed by atoms with E-state index in [0.717, 1.165) is 44.0 Å². The van der Waals surface area contributed by atoms with Gasteiger partial charge in [-0.25, -0.2) is 9.37 Å². The van der Waals surface area contributed by atoms with E-state index >= 15 is 0 Å². The molecule has 0 radical (unpaired) electrons. The van der Waals surface area contributed by atoms with Gasteiger partial charge in [0.05, 0.1) is 6.20 Å². The number of rotatable bonds is 3. The smallest absolute Gasteiger partial charge is 0.141 e. The first-order chi connectivity index (χ1) is 9.85. The van der Waals surface area contributed by atoms with Gasteiger partial charge in [0.15, 0.2) is 0 Å². The van der Waals surface area contributed by atoms with E-state index in [4.69, 9.17) is 0 Å². The maximum absolute atomic E-state index is 13.6. The van der Waals surface area contributed by atoms with Crippen molar-refractivity contribution in [3.8, 4) is 0 Å². The van der Waals surface area contributed by atoms with E-state index in [9.17, 15) is 4.39 Å². The summed E-state index contributed by atoms with van der Waals surface area (Å²) in [6.45, 7) is 11.0. The molecule has 0 amide bonds. The van der Waals surface area contributed by atoms with Gasteiger partial charge in [-0.2, -0.15) is 0 Å². The van der Waals surface area contributed by atoms with Gasteiger partial charge in [-0.15, -0.1) is 0 Å². The second-order valence-electron chi connectivity index (χ2n) is 6.88. The Balaban J connectivity index is 2.17. The van der Waals surface area contributed by atoms with E-state index in [1.807, 2.05) is 0 Å². The molecule has 1 N–H and O–H groups in total. The fraction of sp³-hybridized carbons (Fsp3) is 0.688. The molecule has 0 unspecified atom stereocenters. The molecule has 0 bridgehead atoms. The third-order valence-corrected chi connectivity index (χ3v) is 3.74. The van der Waals surface area contributed by atoms with Gasteiger partial charge >= 0.3 is 0 Å². The third kappa shape index (κ3) is 4.93. The maximum atomic E-state index is 13.6. The summed E-state index contributed by atoms with van der Waals surface area (Å²) in [6, 6.07) is 1.61. The highest BCUT2D eigenvalue weighted by Crippen LogP contribution is 2.21. The van der Waals surface area contributed by atoms with Crippen molar-refractivity contribution in [1.82, 2.24) is 15.2 Å². The average Bonchev–Trinajstić information content (AvgIpc) is 2.61. The Hall–Kier alpha value is -1.20. The zero-order chi connectivity index (χ0) is 15.5. The van der Waals surface area contributed by atoms with Gasteiger partial charge in [-0.05, 0) is 46.9 Å². The topological polar surface area (TPSA) is 31.4 Å². The summed E-state index contributed by atoms with van der Waals surface area (Å²) in [5.74, 6) is 0.653. The van der Waals surface area contributed by atoms with Gasteiger partial charge < -0.3 is 15.1 Å². The first-order valence-electron chi connectivity index (χ1n) is 7.68.